The van der Waals surface area contributed by atoms with Crippen LogP contribution in [0.1, 0.15) is 11.9 Å². The van der Waals surface area contributed by atoms with Crippen LogP contribution >= 0.6 is 11.3 Å². The molecule has 0 unspecified atom stereocenters. The standard InChI is InChI=1S/C8H10N6O2S/c1-3-16-6(15)4-14-12-7(10-13-14)8-11-9-5(2)17-8/h3-4H2,1-2H3. The summed E-state index contributed by atoms with van der Waals surface area (Å²) in [6.45, 7) is 3.85. The number of rotatable bonds is 4. The normalized spacial score (nSPS) is 10.5. The predicted octanol–water partition coefficient (Wildman–Crippen LogP) is 0.0631. The molecule has 0 radical (unpaired) electrons. The monoisotopic (exact) mass is 254 g/mol. The van der Waals surface area contributed by atoms with Crippen molar-refractivity contribution in [1.29, 1.82) is 0 Å². The van der Waals surface area contributed by atoms with Crippen molar-refractivity contribution in [1.82, 2.24) is 30.4 Å². The molecule has 2 aromatic rings. The zero-order chi connectivity index (χ0) is 12.3. The molecule has 90 valence electrons. The fraction of sp³-hybridized carbons (Fsp3) is 0.500. The summed E-state index contributed by atoms with van der Waals surface area (Å²) in [6, 6.07) is 0. The minimum atomic E-state index is -0.398. The number of ether oxygens (including phenoxy) is 1. The van der Waals surface area contributed by atoms with Gasteiger partial charge in [0.15, 0.2) is 11.6 Å². The lowest BCUT2D eigenvalue weighted by Gasteiger charge is -1.98. The SMILES string of the molecule is CCOC(=O)Cn1nnc(-c2nnc(C)s2)n1. The first-order valence-corrected chi connectivity index (χ1v) is 5.74. The molecule has 0 saturated carbocycles. The van der Waals surface area contributed by atoms with Gasteiger partial charge in [-0.3, -0.25) is 0 Å². The lowest BCUT2D eigenvalue weighted by molar-refractivity contribution is -0.144. The van der Waals surface area contributed by atoms with Crippen molar-refractivity contribution in [3.63, 3.8) is 0 Å². The van der Waals surface area contributed by atoms with Crippen LogP contribution in [0.5, 0.6) is 0 Å². The van der Waals surface area contributed by atoms with E-state index in [1.807, 2.05) is 6.92 Å². The van der Waals surface area contributed by atoms with Crippen molar-refractivity contribution in [3.05, 3.63) is 5.01 Å². The first kappa shape index (κ1) is 11.6. The van der Waals surface area contributed by atoms with Crippen LogP contribution in [0, 0.1) is 6.92 Å². The molecule has 0 atom stereocenters. The molecule has 0 aliphatic rings. The van der Waals surface area contributed by atoms with Crippen molar-refractivity contribution in [2.75, 3.05) is 6.61 Å². The number of tetrazole rings is 1. The van der Waals surface area contributed by atoms with Crippen molar-refractivity contribution in [2.24, 2.45) is 0 Å². The zero-order valence-corrected chi connectivity index (χ0v) is 10.1. The summed E-state index contributed by atoms with van der Waals surface area (Å²) in [6.07, 6.45) is 0. The maximum atomic E-state index is 11.2. The van der Waals surface area contributed by atoms with Crippen LogP contribution in [0.4, 0.5) is 0 Å². The number of carbonyl (C=O) groups excluding carboxylic acids is 1. The van der Waals surface area contributed by atoms with E-state index in [9.17, 15) is 4.79 Å². The third-order valence-electron chi connectivity index (χ3n) is 1.75. The number of hydrogen-bond donors (Lipinski definition) is 0. The Morgan fingerprint density at radius 1 is 1.41 bits per heavy atom. The molecular weight excluding hydrogens is 244 g/mol. The number of nitrogens with zero attached hydrogens (tertiary/aromatic N) is 6. The Bertz CT molecular complexity index is 522. The van der Waals surface area contributed by atoms with Crippen LogP contribution in [0.25, 0.3) is 10.8 Å². The maximum Gasteiger partial charge on any atom is 0.329 e. The lowest BCUT2D eigenvalue weighted by Crippen LogP contribution is -2.15. The molecule has 0 aliphatic heterocycles. The van der Waals surface area contributed by atoms with E-state index in [4.69, 9.17) is 4.74 Å². The molecule has 0 aromatic carbocycles. The average Bonchev–Trinajstić information content (AvgIpc) is 2.87. The van der Waals surface area contributed by atoms with Gasteiger partial charge in [-0.15, -0.1) is 20.4 Å². The zero-order valence-electron chi connectivity index (χ0n) is 9.32. The summed E-state index contributed by atoms with van der Waals surface area (Å²) in [7, 11) is 0. The molecular formula is C8H10N6O2S. The molecule has 2 aromatic heterocycles. The average molecular weight is 254 g/mol. The Kier molecular flexibility index (Phi) is 3.38. The molecule has 9 heteroatoms. The van der Waals surface area contributed by atoms with Gasteiger partial charge in [0.2, 0.25) is 5.82 Å². The van der Waals surface area contributed by atoms with Crippen LogP contribution in [0.2, 0.25) is 0 Å². The third-order valence-corrected chi connectivity index (χ3v) is 2.58. The van der Waals surface area contributed by atoms with E-state index in [-0.39, 0.29) is 6.54 Å². The largest absolute Gasteiger partial charge is 0.465 e. The third kappa shape index (κ3) is 2.81. The molecule has 0 N–H and O–H groups in total. The van der Waals surface area contributed by atoms with Crippen molar-refractivity contribution in [3.8, 4) is 10.8 Å². The molecule has 8 nitrogen and oxygen atoms in total. The van der Waals surface area contributed by atoms with Gasteiger partial charge in [-0.2, -0.15) is 4.80 Å². The lowest BCUT2D eigenvalue weighted by atomic mass is 10.6. The topological polar surface area (TPSA) is 95.7 Å². The minimum absolute atomic E-state index is 0.0569. The quantitative estimate of drug-likeness (QED) is 0.712. The summed E-state index contributed by atoms with van der Waals surface area (Å²) in [5, 5.41) is 20.7. The molecule has 2 heterocycles. The fourth-order valence-electron chi connectivity index (χ4n) is 1.10. The van der Waals surface area contributed by atoms with E-state index in [0.717, 1.165) is 5.01 Å². The molecule has 0 amide bonds. The van der Waals surface area contributed by atoms with E-state index < -0.39 is 5.97 Å². The highest BCUT2D eigenvalue weighted by molar-refractivity contribution is 7.14. The maximum absolute atomic E-state index is 11.2. The highest BCUT2D eigenvalue weighted by Gasteiger charge is 2.12. The van der Waals surface area contributed by atoms with Gasteiger partial charge in [-0.1, -0.05) is 11.3 Å². The smallest absolute Gasteiger partial charge is 0.329 e. The summed E-state index contributed by atoms with van der Waals surface area (Å²) in [5.41, 5.74) is 0. The van der Waals surface area contributed by atoms with Gasteiger partial charge in [-0.25, -0.2) is 4.79 Å². The van der Waals surface area contributed by atoms with Gasteiger partial charge in [-0.05, 0) is 19.1 Å². The molecule has 0 bridgehead atoms. The van der Waals surface area contributed by atoms with Crippen LogP contribution in [0.15, 0.2) is 0 Å². The van der Waals surface area contributed by atoms with Gasteiger partial charge >= 0.3 is 5.97 Å². The van der Waals surface area contributed by atoms with E-state index in [1.54, 1.807) is 6.92 Å². The molecule has 2 rings (SSSR count). The first-order chi connectivity index (χ1) is 8.19. The van der Waals surface area contributed by atoms with E-state index >= 15 is 0 Å². The highest BCUT2D eigenvalue weighted by Crippen LogP contribution is 2.17. The summed E-state index contributed by atoms with van der Waals surface area (Å²) >= 11 is 1.37. The Balaban J connectivity index is 2.08. The molecule has 17 heavy (non-hydrogen) atoms. The summed E-state index contributed by atoms with van der Waals surface area (Å²) < 4.78 is 4.77. The molecule has 0 fully saturated rings. The Labute approximate surface area is 101 Å². The van der Waals surface area contributed by atoms with Crippen molar-refractivity contribution in [2.45, 2.75) is 20.4 Å². The van der Waals surface area contributed by atoms with Gasteiger partial charge in [0.1, 0.15) is 5.01 Å². The van der Waals surface area contributed by atoms with Gasteiger partial charge < -0.3 is 4.74 Å². The Morgan fingerprint density at radius 3 is 2.88 bits per heavy atom. The van der Waals surface area contributed by atoms with E-state index in [0.29, 0.717) is 17.4 Å². The Morgan fingerprint density at radius 2 is 2.24 bits per heavy atom. The number of esters is 1. The van der Waals surface area contributed by atoms with Crippen LogP contribution in [-0.2, 0) is 16.1 Å². The van der Waals surface area contributed by atoms with Crippen LogP contribution in [0.3, 0.4) is 0 Å². The first-order valence-electron chi connectivity index (χ1n) is 4.93. The molecule has 0 saturated heterocycles. The number of aromatic nitrogens is 6. The Hall–Kier alpha value is -1.90. The minimum Gasteiger partial charge on any atom is -0.465 e. The number of carbonyl (C=O) groups is 1. The summed E-state index contributed by atoms with van der Waals surface area (Å²) in [5.74, 6) is -0.0372. The highest BCUT2D eigenvalue weighted by atomic mass is 32.1. The second-order valence-electron chi connectivity index (χ2n) is 3.07. The summed E-state index contributed by atoms with van der Waals surface area (Å²) in [4.78, 5) is 12.4. The number of aryl methyl sites for hydroxylation is 1. The number of hydrogen-bond acceptors (Lipinski definition) is 8. The van der Waals surface area contributed by atoms with Gasteiger partial charge in [0.25, 0.3) is 0 Å². The second-order valence-corrected chi connectivity index (χ2v) is 4.26. The van der Waals surface area contributed by atoms with Crippen LogP contribution < -0.4 is 0 Å². The molecule has 0 spiro atoms. The fourth-order valence-corrected chi connectivity index (χ4v) is 1.72. The van der Waals surface area contributed by atoms with Gasteiger partial charge in [0, 0.05) is 0 Å². The molecule has 0 aliphatic carbocycles. The van der Waals surface area contributed by atoms with E-state index in [2.05, 4.69) is 25.6 Å². The van der Waals surface area contributed by atoms with Crippen molar-refractivity contribution >= 4 is 17.3 Å². The predicted molar refractivity (Wildman–Crippen MR) is 58.1 cm³/mol. The van der Waals surface area contributed by atoms with Gasteiger partial charge in [0.05, 0.1) is 6.61 Å². The van der Waals surface area contributed by atoms with E-state index in [1.165, 1.54) is 16.1 Å². The van der Waals surface area contributed by atoms with Crippen molar-refractivity contribution < 1.29 is 9.53 Å². The van der Waals surface area contributed by atoms with Crippen LogP contribution in [-0.4, -0.2) is 43.0 Å². The second kappa shape index (κ2) is 4.95.